The molecule has 0 spiro atoms. The number of rotatable bonds is 3. The lowest BCUT2D eigenvalue weighted by Gasteiger charge is -2.28. The minimum atomic E-state index is -1.67. The number of hydrogen-bond acceptors (Lipinski definition) is 2. The average Bonchev–Trinajstić information content (AvgIpc) is 2.85. The molecule has 1 fully saturated rings. The summed E-state index contributed by atoms with van der Waals surface area (Å²) in [7, 11) is 0. The maximum absolute atomic E-state index is 13.5. The molecule has 2 N–H and O–H groups in total. The van der Waals surface area contributed by atoms with Crippen molar-refractivity contribution >= 4 is 5.91 Å². The summed E-state index contributed by atoms with van der Waals surface area (Å²) in [6.07, 6.45) is 2.86. The first-order valence-corrected chi connectivity index (χ1v) is 6.06. The molecule has 3 nitrogen and oxygen atoms in total. The lowest BCUT2D eigenvalue weighted by atomic mass is 9.98. The molecule has 1 aromatic rings. The van der Waals surface area contributed by atoms with Crippen LogP contribution in [0.25, 0.3) is 0 Å². The van der Waals surface area contributed by atoms with E-state index in [1.165, 1.54) is 0 Å². The first-order chi connectivity index (χ1) is 8.99. The Morgan fingerprint density at radius 1 is 1.21 bits per heavy atom. The van der Waals surface area contributed by atoms with E-state index in [4.69, 9.17) is 0 Å². The highest BCUT2D eigenvalue weighted by Gasteiger charge is 2.35. The molecule has 0 aliphatic heterocycles. The van der Waals surface area contributed by atoms with E-state index in [1.54, 1.807) is 0 Å². The fourth-order valence-corrected chi connectivity index (χ4v) is 2.38. The van der Waals surface area contributed by atoms with Gasteiger partial charge in [-0.25, -0.2) is 13.2 Å². The van der Waals surface area contributed by atoms with Crippen molar-refractivity contribution in [2.45, 2.75) is 31.2 Å². The third-order valence-electron chi connectivity index (χ3n) is 3.52. The van der Waals surface area contributed by atoms with Crippen LogP contribution in [-0.4, -0.2) is 23.2 Å². The molecule has 0 aromatic heterocycles. The molecule has 0 saturated heterocycles. The van der Waals surface area contributed by atoms with E-state index in [1.807, 2.05) is 0 Å². The van der Waals surface area contributed by atoms with E-state index in [0.29, 0.717) is 18.9 Å². The molecule has 1 amide bonds. The fourth-order valence-electron chi connectivity index (χ4n) is 2.38. The summed E-state index contributed by atoms with van der Waals surface area (Å²) >= 11 is 0. The van der Waals surface area contributed by atoms with E-state index < -0.39 is 34.5 Å². The van der Waals surface area contributed by atoms with Crippen LogP contribution in [0.4, 0.5) is 13.2 Å². The lowest BCUT2D eigenvalue weighted by molar-refractivity contribution is 0.0833. The molecule has 0 bridgehead atoms. The van der Waals surface area contributed by atoms with Crippen molar-refractivity contribution in [2.75, 3.05) is 6.61 Å². The van der Waals surface area contributed by atoms with E-state index >= 15 is 0 Å². The number of hydrogen-bond donors (Lipinski definition) is 2. The molecule has 0 unspecified atom stereocenters. The number of amides is 1. The summed E-state index contributed by atoms with van der Waals surface area (Å²) in [5.41, 5.74) is -1.34. The van der Waals surface area contributed by atoms with Crippen LogP contribution >= 0.6 is 0 Å². The Labute approximate surface area is 108 Å². The van der Waals surface area contributed by atoms with E-state index in [9.17, 15) is 23.1 Å². The van der Waals surface area contributed by atoms with Crippen LogP contribution in [0.1, 0.15) is 36.0 Å². The van der Waals surface area contributed by atoms with Crippen LogP contribution in [0.3, 0.4) is 0 Å². The van der Waals surface area contributed by atoms with Crippen molar-refractivity contribution in [1.29, 1.82) is 0 Å². The number of nitrogens with one attached hydrogen (secondary N) is 1. The highest BCUT2D eigenvalue weighted by atomic mass is 19.2. The van der Waals surface area contributed by atoms with Gasteiger partial charge in [-0.1, -0.05) is 12.8 Å². The monoisotopic (exact) mass is 273 g/mol. The van der Waals surface area contributed by atoms with Gasteiger partial charge >= 0.3 is 0 Å². The van der Waals surface area contributed by atoms with Crippen LogP contribution < -0.4 is 5.32 Å². The second-order valence-electron chi connectivity index (χ2n) is 4.82. The van der Waals surface area contributed by atoms with Crippen LogP contribution in [0.2, 0.25) is 0 Å². The molecule has 1 aliphatic rings. The maximum Gasteiger partial charge on any atom is 0.254 e. The zero-order chi connectivity index (χ0) is 14.0. The minimum Gasteiger partial charge on any atom is -0.394 e. The van der Waals surface area contributed by atoms with Gasteiger partial charge in [-0.3, -0.25) is 4.79 Å². The van der Waals surface area contributed by atoms with Gasteiger partial charge in [-0.05, 0) is 25.0 Å². The second-order valence-corrected chi connectivity index (χ2v) is 4.82. The number of aliphatic hydroxyl groups excluding tert-OH is 1. The van der Waals surface area contributed by atoms with Gasteiger partial charge in [0, 0.05) is 0 Å². The Morgan fingerprint density at radius 3 is 2.42 bits per heavy atom. The Kier molecular flexibility index (Phi) is 3.80. The van der Waals surface area contributed by atoms with Gasteiger partial charge in [0.15, 0.2) is 17.5 Å². The largest absolute Gasteiger partial charge is 0.394 e. The molecule has 1 aliphatic carbocycles. The minimum absolute atomic E-state index is 0.260. The van der Waals surface area contributed by atoms with Crippen molar-refractivity contribution in [3.8, 4) is 0 Å². The normalized spacial score (nSPS) is 17.5. The van der Waals surface area contributed by atoms with Crippen LogP contribution in [0.15, 0.2) is 12.1 Å². The second kappa shape index (κ2) is 5.21. The molecule has 2 rings (SSSR count). The molecule has 19 heavy (non-hydrogen) atoms. The van der Waals surface area contributed by atoms with Crippen molar-refractivity contribution in [2.24, 2.45) is 0 Å². The SMILES string of the molecule is O=C(NC1(CO)CCCC1)c1ccc(F)c(F)c1F. The summed E-state index contributed by atoms with van der Waals surface area (Å²) in [6, 6.07) is 1.59. The highest BCUT2D eigenvalue weighted by molar-refractivity contribution is 5.95. The first-order valence-electron chi connectivity index (χ1n) is 6.06. The maximum atomic E-state index is 13.5. The van der Waals surface area contributed by atoms with Gasteiger partial charge in [0.25, 0.3) is 5.91 Å². The third kappa shape index (κ3) is 2.58. The van der Waals surface area contributed by atoms with Gasteiger partial charge in [-0.2, -0.15) is 0 Å². The fraction of sp³-hybridized carbons (Fsp3) is 0.462. The molecule has 0 atom stereocenters. The highest BCUT2D eigenvalue weighted by Crippen LogP contribution is 2.29. The molecule has 0 heterocycles. The number of halogens is 3. The lowest BCUT2D eigenvalue weighted by Crippen LogP contribution is -2.49. The number of aliphatic hydroxyl groups is 1. The van der Waals surface area contributed by atoms with Crippen LogP contribution in [0, 0.1) is 17.5 Å². The standard InChI is InChI=1S/C13H14F3NO2/c14-9-4-3-8(10(15)11(9)16)12(19)17-13(7-18)5-1-2-6-13/h3-4,18H,1-2,5-7H2,(H,17,19). The average molecular weight is 273 g/mol. The predicted molar refractivity (Wildman–Crippen MR) is 62.1 cm³/mol. The van der Waals surface area contributed by atoms with Gasteiger partial charge < -0.3 is 10.4 Å². The summed E-state index contributed by atoms with van der Waals surface area (Å²) in [5, 5.41) is 11.9. The Hall–Kier alpha value is -1.56. The van der Waals surface area contributed by atoms with Crippen LogP contribution in [-0.2, 0) is 0 Å². The molecule has 104 valence electrons. The van der Waals surface area contributed by atoms with Crippen molar-refractivity contribution < 1.29 is 23.1 Å². The molecular formula is C13H14F3NO2. The van der Waals surface area contributed by atoms with E-state index in [2.05, 4.69) is 5.32 Å². The summed E-state index contributed by atoms with van der Waals surface area (Å²) in [6.45, 7) is -0.260. The predicted octanol–water partition coefficient (Wildman–Crippen LogP) is 2.14. The number of benzene rings is 1. The molecular weight excluding hydrogens is 259 g/mol. The van der Waals surface area contributed by atoms with Crippen LogP contribution in [0.5, 0.6) is 0 Å². The first kappa shape index (κ1) is 13.9. The third-order valence-corrected chi connectivity index (χ3v) is 3.52. The Balaban J connectivity index is 2.23. The van der Waals surface area contributed by atoms with Gasteiger partial charge in [0.05, 0.1) is 17.7 Å². The zero-order valence-corrected chi connectivity index (χ0v) is 10.2. The van der Waals surface area contributed by atoms with Gasteiger partial charge in [0.1, 0.15) is 0 Å². The summed E-state index contributed by atoms with van der Waals surface area (Å²) in [5.74, 6) is -5.36. The molecule has 0 radical (unpaired) electrons. The Bertz CT molecular complexity index is 499. The van der Waals surface area contributed by atoms with E-state index in [0.717, 1.165) is 18.9 Å². The molecule has 6 heteroatoms. The molecule has 1 saturated carbocycles. The van der Waals surface area contributed by atoms with Crippen molar-refractivity contribution in [3.63, 3.8) is 0 Å². The van der Waals surface area contributed by atoms with Gasteiger partial charge in [-0.15, -0.1) is 0 Å². The van der Waals surface area contributed by atoms with Crippen molar-refractivity contribution in [1.82, 2.24) is 5.32 Å². The quantitative estimate of drug-likeness (QED) is 0.829. The molecule has 1 aromatic carbocycles. The van der Waals surface area contributed by atoms with Crippen molar-refractivity contribution in [3.05, 3.63) is 35.1 Å². The van der Waals surface area contributed by atoms with Gasteiger partial charge in [0.2, 0.25) is 0 Å². The zero-order valence-electron chi connectivity index (χ0n) is 10.2. The summed E-state index contributed by atoms with van der Waals surface area (Å²) < 4.78 is 39.3. The topological polar surface area (TPSA) is 49.3 Å². The number of carbonyl (C=O) groups is 1. The number of carbonyl (C=O) groups excluding carboxylic acids is 1. The Morgan fingerprint density at radius 2 is 1.84 bits per heavy atom. The summed E-state index contributed by atoms with van der Waals surface area (Å²) in [4.78, 5) is 11.9. The smallest absolute Gasteiger partial charge is 0.254 e. The van der Waals surface area contributed by atoms with E-state index in [-0.39, 0.29) is 6.61 Å².